The molecule has 2 aromatic rings. The third kappa shape index (κ3) is 8.03. The van der Waals surface area contributed by atoms with Gasteiger partial charge in [0.2, 0.25) is 0 Å². The molecular formula is C20H23F3N4OS. The Labute approximate surface area is 172 Å². The molecule has 0 atom stereocenters. The Kier molecular flexibility index (Phi) is 8.80. The molecule has 0 aliphatic heterocycles. The predicted molar refractivity (Wildman–Crippen MR) is 109 cm³/mol. The van der Waals surface area contributed by atoms with Crippen LogP contribution in [0.2, 0.25) is 0 Å². The maximum Gasteiger partial charge on any atom is 0.434 e. The van der Waals surface area contributed by atoms with Crippen LogP contribution < -0.4 is 15.4 Å². The van der Waals surface area contributed by atoms with Crippen molar-refractivity contribution in [3.63, 3.8) is 0 Å². The highest BCUT2D eigenvalue weighted by Crippen LogP contribution is 2.30. The number of terminal acetylenes is 1. The van der Waals surface area contributed by atoms with Crippen LogP contribution in [0, 0.1) is 12.3 Å². The SMILES string of the molecule is C#CCOc1ccc(CCNC(=NCCc2nc(C(F)(F)F)cs2)NCC)cc1. The molecule has 0 aliphatic rings. The molecule has 156 valence electrons. The quantitative estimate of drug-likeness (QED) is 0.367. The normalized spacial score (nSPS) is 11.8. The number of benzene rings is 1. The van der Waals surface area contributed by atoms with Gasteiger partial charge in [0, 0.05) is 31.4 Å². The van der Waals surface area contributed by atoms with Crippen LogP contribution >= 0.6 is 11.3 Å². The number of hydrogen-bond acceptors (Lipinski definition) is 4. The lowest BCUT2D eigenvalue weighted by Gasteiger charge is -2.11. The highest BCUT2D eigenvalue weighted by molar-refractivity contribution is 7.09. The number of nitrogens with one attached hydrogen (secondary N) is 2. The van der Waals surface area contributed by atoms with E-state index in [0.717, 1.165) is 34.5 Å². The van der Waals surface area contributed by atoms with Crippen molar-refractivity contribution in [2.45, 2.75) is 25.9 Å². The van der Waals surface area contributed by atoms with Crippen LogP contribution in [-0.2, 0) is 19.0 Å². The van der Waals surface area contributed by atoms with E-state index in [1.807, 2.05) is 31.2 Å². The number of alkyl halides is 3. The number of aromatic nitrogens is 1. The first-order chi connectivity index (χ1) is 13.9. The number of ether oxygens (including phenoxy) is 1. The molecule has 0 spiro atoms. The third-order valence-electron chi connectivity index (χ3n) is 3.73. The second-order valence-corrected chi connectivity index (χ2v) is 6.89. The summed E-state index contributed by atoms with van der Waals surface area (Å²) in [5.74, 6) is 3.77. The van der Waals surface area contributed by atoms with Gasteiger partial charge in [-0.2, -0.15) is 13.2 Å². The number of thiazole rings is 1. The summed E-state index contributed by atoms with van der Waals surface area (Å²) in [5, 5.41) is 7.79. The van der Waals surface area contributed by atoms with E-state index < -0.39 is 11.9 Å². The summed E-state index contributed by atoms with van der Waals surface area (Å²) in [6.45, 7) is 3.88. The fraction of sp³-hybridized carbons (Fsp3) is 0.400. The molecule has 0 saturated carbocycles. The molecule has 0 bridgehead atoms. The Hall–Kier alpha value is -2.73. The van der Waals surface area contributed by atoms with E-state index in [1.165, 1.54) is 0 Å². The number of halogens is 3. The topological polar surface area (TPSA) is 58.5 Å². The maximum atomic E-state index is 12.6. The Bertz CT molecular complexity index is 825. The summed E-state index contributed by atoms with van der Waals surface area (Å²) in [6.07, 6.45) is 1.90. The zero-order valence-electron chi connectivity index (χ0n) is 16.1. The molecule has 29 heavy (non-hydrogen) atoms. The van der Waals surface area contributed by atoms with Gasteiger partial charge in [0.1, 0.15) is 12.4 Å². The first kappa shape index (κ1) is 22.6. The highest BCUT2D eigenvalue weighted by atomic mass is 32.1. The van der Waals surface area contributed by atoms with Crippen LogP contribution in [0.3, 0.4) is 0 Å². The van der Waals surface area contributed by atoms with Gasteiger partial charge in [-0.3, -0.25) is 4.99 Å². The lowest BCUT2D eigenvalue weighted by Crippen LogP contribution is -2.38. The van der Waals surface area contributed by atoms with Crippen molar-refractivity contribution in [3.05, 3.63) is 45.9 Å². The zero-order valence-corrected chi connectivity index (χ0v) is 16.9. The minimum atomic E-state index is -4.40. The van der Waals surface area contributed by atoms with Crippen LogP contribution in [0.4, 0.5) is 13.2 Å². The monoisotopic (exact) mass is 424 g/mol. The number of rotatable bonds is 9. The first-order valence-electron chi connectivity index (χ1n) is 9.11. The molecule has 0 amide bonds. The van der Waals surface area contributed by atoms with Crippen LogP contribution in [0.5, 0.6) is 5.75 Å². The van der Waals surface area contributed by atoms with Gasteiger partial charge in [0.25, 0.3) is 0 Å². The number of aliphatic imine (C=N–C) groups is 1. The van der Waals surface area contributed by atoms with Gasteiger partial charge in [-0.25, -0.2) is 4.98 Å². The lowest BCUT2D eigenvalue weighted by atomic mass is 10.1. The van der Waals surface area contributed by atoms with Gasteiger partial charge in [0.05, 0.1) is 5.01 Å². The molecule has 9 heteroatoms. The maximum absolute atomic E-state index is 12.6. The van der Waals surface area contributed by atoms with Gasteiger partial charge >= 0.3 is 6.18 Å². The molecule has 2 rings (SSSR count). The van der Waals surface area contributed by atoms with Gasteiger partial charge in [-0.05, 0) is 31.0 Å². The standard InChI is InChI=1S/C20H23F3N4OS/c1-3-13-28-16-7-5-15(6-8-16)9-11-25-19(24-4-2)26-12-10-18-27-17(14-29-18)20(21,22)23/h1,5-8,14H,4,9-13H2,2H3,(H2,24,25,26). The second-order valence-electron chi connectivity index (χ2n) is 5.95. The van der Waals surface area contributed by atoms with E-state index in [1.54, 1.807) is 0 Å². The molecular weight excluding hydrogens is 401 g/mol. The van der Waals surface area contributed by atoms with Crippen LogP contribution in [-0.4, -0.2) is 37.2 Å². The van der Waals surface area contributed by atoms with Gasteiger partial charge in [-0.15, -0.1) is 17.8 Å². The number of nitrogens with zero attached hydrogens (tertiary/aromatic N) is 2. The molecule has 0 radical (unpaired) electrons. The second kappa shape index (κ2) is 11.3. The van der Waals surface area contributed by atoms with Crippen molar-refractivity contribution in [2.75, 3.05) is 26.2 Å². The van der Waals surface area contributed by atoms with Gasteiger partial charge in [0.15, 0.2) is 11.7 Å². The van der Waals surface area contributed by atoms with E-state index in [-0.39, 0.29) is 6.61 Å². The first-order valence-corrected chi connectivity index (χ1v) is 9.99. The fourth-order valence-corrected chi connectivity index (χ4v) is 3.16. The minimum absolute atomic E-state index is 0.238. The van der Waals surface area contributed by atoms with E-state index in [0.29, 0.717) is 37.0 Å². The van der Waals surface area contributed by atoms with Crippen molar-refractivity contribution >= 4 is 17.3 Å². The van der Waals surface area contributed by atoms with E-state index in [2.05, 4.69) is 26.5 Å². The predicted octanol–water partition coefficient (Wildman–Crippen LogP) is 3.51. The molecule has 2 N–H and O–H groups in total. The molecule has 0 saturated heterocycles. The summed E-state index contributed by atoms with van der Waals surface area (Å²) >= 11 is 1.00. The molecule has 1 aromatic heterocycles. The number of hydrogen-bond donors (Lipinski definition) is 2. The molecule has 0 aliphatic carbocycles. The average molecular weight is 424 g/mol. The van der Waals surface area contributed by atoms with Gasteiger partial charge < -0.3 is 15.4 Å². The lowest BCUT2D eigenvalue weighted by molar-refractivity contribution is -0.140. The highest BCUT2D eigenvalue weighted by Gasteiger charge is 2.33. The Morgan fingerprint density at radius 1 is 1.24 bits per heavy atom. The minimum Gasteiger partial charge on any atom is -0.481 e. The van der Waals surface area contributed by atoms with Crippen molar-refractivity contribution < 1.29 is 17.9 Å². The summed E-state index contributed by atoms with van der Waals surface area (Å²) in [4.78, 5) is 8.01. The average Bonchev–Trinajstić information content (AvgIpc) is 3.17. The van der Waals surface area contributed by atoms with Crippen LogP contribution in [0.25, 0.3) is 0 Å². The molecule has 0 fully saturated rings. The van der Waals surface area contributed by atoms with E-state index in [9.17, 15) is 13.2 Å². The van der Waals surface area contributed by atoms with E-state index >= 15 is 0 Å². The molecule has 1 heterocycles. The molecule has 1 aromatic carbocycles. The fourth-order valence-electron chi connectivity index (χ4n) is 2.36. The van der Waals surface area contributed by atoms with Crippen LogP contribution in [0.15, 0.2) is 34.6 Å². The van der Waals surface area contributed by atoms with E-state index in [4.69, 9.17) is 11.2 Å². The van der Waals surface area contributed by atoms with Crippen LogP contribution in [0.1, 0.15) is 23.2 Å². The van der Waals surface area contributed by atoms with Crippen molar-refractivity contribution in [2.24, 2.45) is 4.99 Å². The summed E-state index contributed by atoms with van der Waals surface area (Å²) in [5.41, 5.74) is 0.283. The van der Waals surface area contributed by atoms with Gasteiger partial charge in [-0.1, -0.05) is 18.1 Å². The zero-order chi connectivity index (χ0) is 21.1. The smallest absolute Gasteiger partial charge is 0.434 e. The van der Waals surface area contributed by atoms with Crippen molar-refractivity contribution in [1.29, 1.82) is 0 Å². The Morgan fingerprint density at radius 2 is 2.00 bits per heavy atom. The Balaban J connectivity index is 1.80. The molecule has 5 nitrogen and oxygen atoms in total. The third-order valence-corrected chi connectivity index (χ3v) is 4.64. The van der Waals surface area contributed by atoms with Crippen molar-refractivity contribution in [3.8, 4) is 18.1 Å². The van der Waals surface area contributed by atoms with Crippen molar-refractivity contribution in [1.82, 2.24) is 15.6 Å². The number of guanidine groups is 1. The summed E-state index contributed by atoms with van der Waals surface area (Å²) in [6, 6.07) is 7.68. The molecule has 0 unspecified atom stereocenters. The Morgan fingerprint density at radius 3 is 2.62 bits per heavy atom. The summed E-state index contributed by atoms with van der Waals surface area (Å²) in [7, 11) is 0. The largest absolute Gasteiger partial charge is 0.481 e. The summed E-state index contributed by atoms with van der Waals surface area (Å²) < 4.78 is 43.1.